The standard InChI is InChI=1S/C18H13ClN4O2/c19-13-7-3-1-5-11(13)17-12-6-2-4-8-14(12)22-10-21-16(18(20)24)15(22)9-23(17)25/h1-8,10H,9H2,(H2,20,24). The van der Waals surface area contributed by atoms with Crippen molar-refractivity contribution in [2.45, 2.75) is 6.54 Å². The van der Waals surface area contributed by atoms with Crippen LogP contribution in [0.5, 0.6) is 0 Å². The third-order valence-corrected chi connectivity index (χ3v) is 4.52. The first-order valence-electron chi connectivity index (χ1n) is 7.60. The predicted octanol–water partition coefficient (Wildman–Crippen LogP) is 2.49. The zero-order valence-corrected chi connectivity index (χ0v) is 13.8. The zero-order chi connectivity index (χ0) is 17.6. The summed E-state index contributed by atoms with van der Waals surface area (Å²) in [7, 11) is 0. The number of aromatic nitrogens is 2. The summed E-state index contributed by atoms with van der Waals surface area (Å²) in [6, 6.07) is 14.6. The van der Waals surface area contributed by atoms with Crippen molar-refractivity contribution >= 4 is 23.2 Å². The molecule has 7 heteroatoms. The van der Waals surface area contributed by atoms with Crippen LogP contribution in [-0.4, -0.2) is 25.9 Å². The Morgan fingerprint density at radius 3 is 2.56 bits per heavy atom. The van der Waals surface area contributed by atoms with E-state index in [4.69, 9.17) is 17.3 Å². The molecule has 0 saturated heterocycles. The Morgan fingerprint density at radius 2 is 1.84 bits per heavy atom. The minimum absolute atomic E-state index is 0.0620. The minimum atomic E-state index is -0.666. The van der Waals surface area contributed by atoms with E-state index in [2.05, 4.69) is 4.98 Å². The maximum Gasteiger partial charge on any atom is 0.269 e. The number of hydrogen-bond acceptors (Lipinski definition) is 3. The van der Waals surface area contributed by atoms with Crippen molar-refractivity contribution in [3.63, 3.8) is 0 Å². The second-order valence-electron chi connectivity index (χ2n) is 5.66. The van der Waals surface area contributed by atoms with E-state index in [9.17, 15) is 10.0 Å². The molecule has 4 rings (SSSR count). The van der Waals surface area contributed by atoms with Crippen molar-refractivity contribution in [3.8, 4) is 5.69 Å². The van der Waals surface area contributed by atoms with E-state index < -0.39 is 5.91 Å². The maximum atomic E-state index is 13.0. The Labute approximate surface area is 148 Å². The number of amides is 1. The number of imidazole rings is 1. The summed E-state index contributed by atoms with van der Waals surface area (Å²) in [4.78, 5) is 15.7. The van der Waals surface area contributed by atoms with Gasteiger partial charge in [-0.25, -0.2) is 4.98 Å². The quantitative estimate of drug-likeness (QED) is 0.567. The molecule has 0 radical (unpaired) electrons. The third-order valence-electron chi connectivity index (χ3n) is 4.19. The molecule has 1 aliphatic heterocycles. The van der Waals surface area contributed by atoms with Gasteiger partial charge in [0.15, 0.2) is 12.2 Å². The average Bonchev–Trinajstić information content (AvgIpc) is 2.96. The summed E-state index contributed by atoms with van der Waals surface area (Å²) in [5.74, 6) is -0.666. The normalized spacial score (nSPS) is 13.2. The SMILES string of the molecule is NC(=O)c1ncn2c1C[N+]([O-])=C(c1ccccc1Cl)c1ccccc1-2. The Morgan fingerprint density at radius 1 is 1.16 bits per heavy atom. The highest BCUT2D eigenvalue weighted by molar-refractivity contribution is 6.35. The van der Waals surface area contributed by atoms with Crippen LogP contribution in [0.1, 0.15) is 27.3 Å². The van der Waals surface area contributed by atoms with E-state index in [0.717, 1.165) is 10.4 Å². The number of benzene rings is 2. The van der Waals surface area contributed by atoms with Crippen LogP contribution in [0, 0.1) is 5.21 Å². The van der Waals surface area contributed by atoms with Crippen molar-refractivity contribution in [3.05, 3.63) is 87.6 Å². The fourth-order valence-corrected chi connectivity index (χ4v) is 3.33. The summed E-state index contributed by atoms with van der Waals surface area (Å²) >= 11 is 6.33. The lowest BCUT2D eigenvalue weighted by Crippen LogP contribution is -2.20. The zero-order valence-electron chi connectivity index (χ0n) is 13.0. The molecule has 3 aromatic rings. The molecule has 0 saturated carbocycles. The van der Waals surface area contributed by atoms with E-state index >= 15 is 0 Å². The molecule has 124 valence electrons. The van der Waals surface area contributed by atoms with Crippen molar-refractivity contribution in [2.24, 2.45) is 5.73 Å². The van der Waals surface area contributed by atoms with Crippen LogP contribution in [-0.2, 0) is 6.54 Å². The van der Waals surface area contributed by atoms with Gasteiger partial charge in [0.2, 0.25) is 5.71 Å². The van der Waals surface area contributed by atoms with Crippen LogP contribution in [0.15, 0.2) is 54.9 Å². The molecule has 2 N–H and O–H groups in total. The Kier molecular flexibility index (Phi) is 3.54. The smallest absolute Gasteiger partial charge is 0.269 e. The van der Waals surface area contributed by atoms with Gasteiger partial charge < -0.3 is 10.9 Å². The lowest BCUT2D eigenvalue weighted by Gasteiger charge is -2.11. The highest BCUT2D eigenvalue weighted by Crippen LogP contribution is 2.28. The van der Waals surface area contributed by atoms with Gasteiger partial charge in [-0.2, -0.15) is 4.74 Å². The molecule has 0 aliphatic carbocycles. The lowest BCUT2D eigenvalue weighted by molar-refractivity contribution is -0.474. The fourth-order valence-electron chi connectivity index (χ4n) is 3.10. The summed E-state index contributed by atoms with van der Waals surface area (Å²) in [6.45, 7) is -0.0620. The number of hydroxylamine groups is 1. The van der Waals surface area contributed by atoms with Gasteiger partial charge in [0.1, 0.15) is 12.0 Å². The number of carbonyl (C=O) groups is 1. The first kappa shape index (κ1) is 15.4. The first-order valence-corrected chi connectivity index (χ1v) is 7.98. The van der Waals surface area contributed by atoms with E-state index in [-0.39, 0.29) is 12.2 Å². The van der Waals surface area contributed by atoms with Crippen molar-refractivity contribution in [2.75, 3.05) is 0 Å². The number of fused-ring (bicyclic) bond motifs is 3. The molecule has 0 bridgehead atoms. The number of nitrogens with zero attached hydrogens (tertiary/aromatic N) is 3. The van der Waals surface area contributed by atoms with Gasteiger partial charge in [-0.05, 0) is 24.3 Å². The summed E-state index contributed by atoms with van der Waals surface area (Å²) in [6.07, 6.45) is 1.51. The van der Waals surface area contributed by atoms with Gasteiger partial charge in [-0.15, -0.1) is 0 Å². The summed E-state index contributed by atoms with van der Waals surface area (Å²) < 4.78 is 2.55. The molecule has 2 aromatic carbocycles. The highest BCUT2D eigenvalue weighted by atomic mass is 35.5. The van der Waals surface area contributed by atoms with Gasteiger partial charge in [-0.1, -0.05) is 35.9 Å². The van der Waals surface area contributed by atoms with Crippen molar-refractivity contribution < 1.29 is 9.53 Å². The second kappa shape index (κ2) is 5.75. The largest absolute Gasteiger partial charge is 0.623 e. The minimum Gasteiger partial charge on any atom is -0.623 e. The molecular formula is C18H13ClN4O2. The molecule has 6 nitrogen and oxygen atoms in total. The number of primary amides is 1. The van der Waals surface area contributed by atoms with Gasteiger partial charge in [0.05, 0.1) is 21.8 Å². The van der Waals surface area contributed by atoms with Gasteiger partial charge >= 0.3 is 0 Å². The maximum absolute atomic E-state index is 13.0. The van der Waals surface area contributed by atoms with Crippen LogP contribution in [0.3, 0.4) is 0 Å². The predicted molar refractivity (Wildman–Crippen MR) is 94.1 cm³/mol. The third kappa shape index (κ3) is 2.38. The van der Waals surface area contributed by atoms with E-state index in [1.54, 1.807) is 16.7 Å². The monoisotopic (exact) mass is 352 g/mol. The highest BCUT2D eigenvalue weighted by Gasteiger charge is 2.30. The van der Waals surface area contributed by atoms with Crippen LogP contribution in [0.2, 0.25) is 5.02 Å². The fraction of sp³-hybridized carbons (Fsp3) is 0.0556. The van der Waals surface area contributed by atoms with Gasteiger partial charge in [-0.3, -0.25) is 9.36 Å². The number of para-hydroxylation sites is 1. The first-order chi connectivity index (χ1) is 12.1. The van der Waals surface area contributed by atoms with Gasteiger partial charge in [0.25, 0.3) is 5.91 Å². The average molecular weight is 353 g/mol. The molecule has 0 unspecified atom stereocenters. The number of halogens is 1. The van der Waals surface area contributed by atoms with Crippen molar-refractivity contribution in [1.82, 2.24) is 9.55 Å². The Hall–Kier alpha value is -3.12. The van der Waals surface area contributed by atoms with Crippen LogP contribution in [0.25, 0.3) is 5.69 Å². The summed E-state index contributed by atoms with van der Waals surface area (Å²) in [5, 5.41) is 13.5. The van der Waals surface area contributed by atoms with Crippen molar-refractivity contribution in [1.29, 1.82) is 0 Å². The molecule has 1 amide bonds. The van der Waals surface area contributed by atoms with Gasteiger partial charge in [0, 0.05) is 0 Å². The Balaban J connectivity index is 2.05. The topological polar surface area (TPSA) is 87.0 Å². The molecule has 0 spiro atoms. The van der Waals surface area contributed by atoms with Crippen LogP contribution < -0.4 is 5.73 Å². The molecule has 0 fully saturated rings. The molecule has 1 aliphatic rings. The van der Waals surface area contributed by atoms with E-state index in [0.29, 0.717) is 27.6 Å². The molecule has 2 heterocycles. The number of rotatable bonds is 2. The summed E-state index contributed by atoms with van der Waals surface area (Å²) in [5.41, 5.74) is 8.48. The molecule has 1 aromatic heterocycles. The lowest BCUT2D eigenvalue weighted by atomic mass is 10.0. The van der Waals surface area contributed by atoms with Crippen LogP contribution >= 0.6 is 11.6 Å². The molecule has 0 atom stereocenters. The second-order valence-corrected chi connectivity index (χ2v) is 6.06. The van der Waals surface area contributed by atoms with Crippen LogP contribution in [0.4, 0.5) is 0 Å². The Bertz CT molecular complexity index is 1040. The molecular weight excluding hydrogens is 340 g/mol. The number of hydrogen-bond donors (Lipinski definition) is 1. The number of nitrogens with two attached hydrogens (primary N) is 1. The van der Waals surface area contributed by atoms with E-state index in [1.807, 2.05) is 36.4 Å². The molecule has 25 heavy (non-hydrogen) atoms. The number of carbonyl (C=O) groups excluding carboxylic acids is 1. The van der Waals surface area contributed by atoms with E-state index in [1.165, 1.54) is 6.33 Å².